The quantitative estimate of drug-likeness (QED) is 0.00525. The molecule has 2 saturated heterocycles. The van der Waals surface area contributed by atoms with Crippen LogP contribution in [0, 0.1) is 11.3 Å². The largest absolute Gasteiger partial charge is 0.456 e. The lowest BCUT2D eigenvalue weighted by atomic mass is 10.2. The molecule has 42 heteroatoms. The molecule has 0 atom stereocenters. The number of carbonyl (C=O) groups is 5. The van der Waals surface area contributed by atoms with E-state index < -0.39 is 42.5 Å². The SMILES string of the molecule is CN1C(=O)/C(=C\c2cc3c(o2)-c2sc(N(C)CCOC(=O)NCCOCCOCCCCCCCl)cc2[Si]3(C)C)SC1=S.CN1C(=O)/C(=C\c2cc3c(s2)-c2sc(N(C)CCOC(=O)NCCOCCOCCCCCCCl)cc2[Si]3(C)C)SC1=S.COCCNC(=S)/C(C#N)=C/c1cc2c(s1)-c1sc(N(C)CCOC(=O)NCCOCCOCCCCCCCl)cc1[Si]2(C)C. The topological polar surface area (TPSA) is 279 Å². The summed E-state index contributed by atoms with van der Waals surface area (Å²) in [5, 5.41) is 32.6. The Labute approximate surface area is 834 Å². The number of ether oxygens (including phenoxy) is 10. The Hall–Kier alpha value is -5.35. The van der Waals surface area contributed by atoms with E-state index in [2.05, 4.69) is 118 Å². The van der Waals surface area contributed by atoms with Gasteiger partial charge in [0.05, 0.1) is 121 Å². The number of likely N-dealkylation sites (N-methyl/N-ethyl adjacent to an activating group) is 5. The number of alkyl carbamates (subject to hydrolysis) is 3. The first kappa shape index (κ1) is 109. The Morgan fingerprint density at radius 2 is 0.794 bits per heavy atom. The summed E-state index contributed by atoms with van der Waals surface area (Å²) in [6.45, 7) is 25.5. The molecule has 11 rings (SSSR count). The maximum Gasteiger partial charge on any atom is 0.407 e. The summed E-state index contributed by atoms with van der Waals surface area (Å²) < 4.78 is 61.8. The minimum absolute atomic E-state index is 0.0358. The predicted octanol–water partition coefficient (Wildman–Crippen LogP) is 15.5. The summed E-state index contributed by atoms with van der Waals surface area (Å²) in [6.07, 6.45) is 17.4. The van der Waals surface area contributed by atoms with E-state index in [1.165, 1.54) is 84.0 Å². The average molecular weight is 2100 g/mol. The first-order valence-electron chi connectivity index (χ1n) is 44.2. The third-order valence-electron chi connectivity index (χ3n) is 22.1. The molecule has 5 amide bonds. The van der Waals surface area contributed by atoms with Crippen molar-refractivity contribution in [2.24, 2.45) is 0 Å². The molecule has 0 aliphatic carbocycles. The van der Waals surface area contributed by atoms with Crippen molar-refractivity contribution in [1.29, 1.82) is 5.26 Å². The van der Waals surface area contributed by atoms with Gasteiger partial charge in [-0.05, 0) is 118 Å². The molecular weight excluding hydrogens is 1980 g/mol. The van der Waals surface area contributed by atoms with Gasteiger partial charge in [0.15, 0.2) is 0 Å². The minimum atomic E-state index is -1.96. The smallest absolute Gasteiger partial charge is 0.407 e. The summed E-state index contributed by atoms with van der Waals surface area (Å²) in [5.41, 5.74) is 0.453. The van der Waals surface area contributed by atoms with Crippen LogP contribution in [0.3, 0.4) is 0 Å². The number of thiophene rings is 5. The van der Waals surface area contributed by atoms with Crippen LogP contribution in [0.5, 0.6) is 0 Å². The summed E-state index contributed by atoms with van der Waals surface area (Å²) in [5.74, 6) is 3.61. The molecule has 5 aliphatic heterocycles. The van der Waals surface area contributed by atoms with Crippen molar-refractivity contribution in [3.63, 3.8) is 0 Å². The number of thioether (sulfide) groups is 2. The third kappa shape index (κ3) is 32.1. The molecule has 2 fully saturated rings. The Bertz CT molecular complexity index is 4730. The number of furan rings is 1. The lowest BCUT2D eigenvalue weighted by molar-refractivity contribution is -0.122. The highest BCUT2D eigenvalue weighted by atomic mass is 35.5. The van der Waals surface area contributed by atoms with Crippen LogP contribution in [-0.4, -0.2) is 289 Å². The van der Waals surface area contributed by atoms with E-state index >= 15 is 0 Å². The molecule has 0 radical (unpaired) electrons. The second-order valence-corrected chi connectivity index (χ2v) is 56.0. The molecule has 0 saturated carbocycles. The highest BCUT2D eigenvalue weighted by Gasteiger charge is 2.46. The lowest BCUT2D eigenvalue weighted by Gasteiger charge is -2.19. The van der Waals surface area contributed by atoms with Crippen LogP contribution in [0.25, 0.3) is 48.4 Å². The van der Waals surface area contributed by atoms with Crippen molar-refractivity contribution < 1.29 is 75.8 Å². The van der Waals surface area contributed by atoms with Gasteiger partial charge in [-0.2, -0.15) is 5.26 Å². The zero-order chi connectivity index (χ0) is 94.6. The van der Waals surface area contributed by atoms with Crippen molar-refractivity contribution in [1.82, 2.24) is 31.1 Å². The van der Waals surface area contributed by atoms with Crippen LogP contribution in [0.1, 0.15) is 92.6 Å². The van der Waals surface area contributed by atoms with Crippen molar-refractivity contribution in [3.8, 4) is 36.2 Å². The number of carbonyl (C=O) groups excluding carboxylic acids is 5. The van der Waals surface area contributed by atoms with E-state index in [4.69, 9.17) is 123 Å². The predicted molar refractivity (Wildman–Crippen MR) is 566 cm³/mol. The molecule has 26 nitrogen and oxygen atoms in total. The summed E-state index contributed by atoms with van der Waals surface area (Å²) in [6, 6.07) is 15.7. The van der Waals surface area contributed by atoms with Crippen LogP contribution < -0.4 is 67.1 Å². The number of hydrogen-bond donors (Lipinski definition) is 4. The number of rotatable bonds is 55. The van der Waals surface area contributed by atoms with E-state index in [0.717, 1.165) is 150 Å². The van der Waals surface area contributed by atoms with Gasteiger partial charge in [-0.3, -0.25) is 19.4 Å². The fraction of sp³-hybridized carbons (Fsp3) is 0.562. The van der Waals surface area contributed by atoms with Gasteiger partial charge in [0.2, 0.25) is 0 Å². The number of anilines is 3. The van der Waals surface area contributed by atoms with Crippen LogP contribution in [0.15, 0.2) is 56.2 Å². The number of halogens is 3. The van der Waals surface area contributed by atoms with Gasteiger partial charge < -0.3 is 87.8 Å². The van der Waals surface area contributed by atoms with Crippen molar-refractivity contribution >= 4 is 284 Å². The number of fused-ring (bicyclic) bond motifs is 9. The molecule has 0 unspecified atom stereocenters. The van der Waals surface area contributed by atoms with Gasteiger partial charge in [-0.15, -0.1) is 91.5 Å². The maximum atomic E-state index is 12.5. The molecule has 6 aromatic rings. The third-order valence-corrected chi connectivity index (χ3v) is 43.8. The highest BCUT2D eigenvalue weighted by Crippen LogP contribution is 2.46. The minimum Gasteiger partial charge on any atom is -0.456 e. The number of nitriles is 1. The summed E-state index contributed by atoms with van der Waals surface area (Å²) in [7, 11) is 5.38. The van der Waals surface area contributed by atoms with Gasteiger partial charge in [0.1, 0.15) is 75.3 Å². The number of hydrogen-bond acceptors (Lipinski definition) is 30. The van der Waals surface area contributed by atoms with Gasteiger partial charge in [-0.25, -0.2) is 14.4 Å². The van der Waals surface area contributed by atoms with Gasteiger partial charge in [0, 0.05) is 141 Å². The fourth-order valence-corrected chi connectivity index (χ4v) is 36.6. The lowest BCUT2D eigenvalue weighted by Crippen LogP contribution is -2.48. The molecule has 11 heterocycles. The molecule has 5 aliphatic rings. The van der Waals surface area contributed by atoms with Crippen molar-refractivity contribution in [2.75, 3.05) is 226 Å². The molecular formula is C89H125Cl3N10O16S10Si3. The second-order valence-electron chi connectivity index (χ2n) is 32.9. The molecule has 4 N–H and O–H groups in total. The Morgan fingerprint density at radius 1 is 0.450 bits per heavy atom. The van der Waals surface area contributed by atoms with E-state index in [9.17, 15) is 29.2 Å². The Morgan fingerprint density at radius 3 is 1.18 bits per heavy atom. The monoisotopic (exact) mass is 2100 g/mol. The summed E-state index contributed by atoms with van der Waals surface area (Å²) >= 11 is 44.3. The van der Waals surface area contributed by atoms with Crippen molar-refractivity contribution in [2.45, 2.75) is 116 Å². The van der Waals surface area contributed by atoms with Crippen LogP contribution in [-0.2, 0) is 57.0 Å². The number of methoxy groups -OCH3 is 1. The number of unbranched alkanes of at least 4 members (excludes halogenated alkanes) is 9. The van der Waals surface area contributed by atoms with Gasteiger partial charge in [-0.1, -0.05) is 138 Å². The van der Waals surface area contributed by atoms with Crippen LogP contribution in [0.4, 0.5) is 29.4 Å². The number of alkyl halides is 3. The molecule has 0 aromatic carbocycles. The fourth-order valence-electron chi connectivity index (χ4n) is 14.3. The average Bonchev–Trinajstić information content (AvgIpc) is 1.57. The zero-order valence-corrected chi connectivity index (χ0v) is 90.4. The molecule has 6 aromatic heterocycles. The van der Waals surface area contributed by atoms with E-state index in [1.807, 2.05) is 33.3 Å². The van der Waals surface area contributed by atoms with E-state index in [0.29, 0.717) is 147 Å². The Balaban J connectivity index is 0.000000221. The second kappa shape index (κ2) is 55.9. The van der Waals surface area contributed by atoms with Gasteiger partial charge >= 0.3 is 18.3 Å². The number of thiocarbonyl (C=S) groups is 3. The maximum absolute atomic E-state index is 12.5. The normalized spacial score (nSPS) is 15.2. The van der Waals surface area contributed by atoms with E-state index in [1.54, 1.807) is 84.0 Å². The number of amides is 5. The molecule has 0 spiro atoms. The summed E-state index contributed by atoms with van der Waals surface area (Å²) in [4.78, 5) is 80.8. The van der Waals surface area contributed by atoms with Crippen molar-refractivity contribution in [3.05, 3.63) is 67.3 Å². The van der Waals surface area contributed by atoms with Gasteiger partial charge in [0.25, 0.3) is 11.8 Å². The standard InChI is InChI=1S/C31H45ClN4O5S3Si.C29H40ClN3O6S3Si.C29H40ClN3O5S4Si/c1-36(12-16-41-31(37)35-11-15-40-18-17-39-13-8-6-5-7-9-32)27-21-26-29(44-27)28-25(45(26,3)4)20-24(43-28)19-23(22-33)30(42)34-10-14-38-2;1-32(11-14-38-28(35)31-10-13-37-16-15-36-12-8-6-5-7-9-30)24-19-23-26(42-24)25-22(43(23,3)4)18-20(39-25)17-21-27(34)33(2)29(40)41-21;1-32(11-14-38-28(35)31-10-13-37-16-15-36-12-8-6-5-7-9-30)24-19-23-26(42-24)25-22(43(23,3)4)18-20(40-25)17-21-27(34)33(2)29(39)41-21/h19-21H,5-18H2,1-4H3,(H,34,42)(H,35,37);2*17-19H,5-16H2,1-4H3,(H,31,35)/b23-19+;2*21-17+. The number of nitrogens with one attached hydrogen (secondary N) is 4. The molecule has 720 valence electrons. The first-order valence-corrected chi connectivity index (χ1v) is 61.7. The zero-order valence-electron chi connectivity index (χ0n) is 77.0. The molecule has 0 bridgehead atoms. The van der Waals surface area contributed by atoms with E-state index in [-0.39, 0.29) is 31.6 Å². The van der Waals surface area contributed by atoms with Crippen LogP contribution in [0.2, 0.25) is 39.3 Å². The first-order chi connectivity index (χ1) is 63.0. The highest BCUT2D eigenvalue weighted by molar-refractivity contribution is 8.27. The van der Waals surface area contributed by atoms with Crippen LogP contribution >= 0.6 is 152 Å². The molecule has 131 heavy (non-hydrogen) atoms. The number of nitrogens with zero attached hydrogens (tertiary/aromatic N) is 6. The Kier molecular flexibility index (Phi) is 46.6.